The van der Waals surface area contributed by atoms with Gasteiger partial charge in [-0.3, -0.25) is 0 Å². The van der Waals surface area contributed by atoms with E-state index in [9.17, 15) is 13.2 Å². The van der Waals surface area contributed by atoms with Gasteiger partial charge in [-0.15, -0.1) is 0 Å². The monoisotopic (exact) mass is 285 g/mol. The maximum atomic E-state index is 12.4. The van der Waals surface area contributed by atoms with Crippen LogP contribution in [-0.2, 0) is 6.54 Å². The van der Waals surface area contributed by atoms with Gasteiger partial charge in [-0.1, -0.05) is 13.0 Å². The van der Waals surface area contributed by atoms with Crippen molar-refractivity contribution in [2.75, 3.05) is 25.0 Å². The molecule has 0 amide bonds. The standard InChI is InChI=1S/C14H18F3N3/c1-3-6-19-9-11-4-5-13(12(7-11)8-18)20(2)10-14(15,16)17/h4-5,7,19H,3,6,9-10H2,1-2H3. The van der Waals surface area contributed by atoms with Crippen molar-refractivity contribution in [3.05, 3.63) is 29.3 Å². The molecule has 0 aliphatic carbocycles. The molecule has 20 heavy (non-hydrogen) atoms. The van der Waals surface area contributed by atoms with Crippen LogP contribution in [0.4, 0.5) is 18.9 Å². The van der Waals surface area contributed by atoms with Crippen molar-refractivity contribution in [3.8, 4) is 6.07 Å². The van der Waals surface area contributed by atoms with Crippen molar-refractivity contribution in [1.82, 2.24) is 5.32 Å². The van der Waals surface area contributed by atoms with E-state index in [0.717, 1.165) is 23.4 Å². The van der Waals surface area contributed by atoms with Crippen LogP contribution in [0.15, 0.2) is 18.2 Å². The minimum absolute atomic E-state index is 0.257. The summed E-state index contributed by atoms with van der Waals surface area (Å²) in [6, 6.07) is 6.89. The number of alkyl halides is 3. The van der Waals surface area contributed by atoms with E-state index in [-0.39, 0.29) is 5.56 Å². The number of halogens is 3. The third-order valence-corrected chi connectivity index (χ3v) is 2.77. The van der Waals surface area contributed by atoms with Crippen LogP contribution in [-0.4, -0.2) is 26.3 Å². The van der Waals surface area contributed by atoms with E-state index < -0.39 is 12.7 Å². The number of nitrogens with zero attached hydrogens (tertiary/aromatic N) is 2. The quantitative estimate of drug-likeness (QED) is 0.816. The van der Waals surface area contributed by atoms with Gasteiger partial charge in [0.25, 0.3) is 0 Å². The van der Waals surface area contributed by atoms with Crippen LogP contribution in [0.3, 0.4) is 0 Å². The molecule has 3 nitrogen and oxygen atoms in total. The van der Waals surface area contributed by atoms with Gasteiger partial charge in [0.05, 0.1) is 11.3 Å². The van der Waals surface area contributed by atoms with Crippen LogP contribution in [0, 0.1) is 11.3 Å². The molecule has 110 valence electrons. The fourth-order valence-corrected chi connectivity index (χ4v) is 1.88. The summed E-state index contributed by atoms with van der Waals surface area (Å²) in [7, 11) is 1.33. The third kappa shape index (κ3) is 5.10. The zero-order chi connectivity index (χ0) is 15.2. The fraction of sp³-hybridized carbons (Fsp3) is 0.500. The maximum Gasteiger partial charge on any atom is 0.405 e. The van der Waals surface area contributed by atoms with Gasteiger partial charge in [0, 0.05) is 13.6 Å². The average Bonchev–Trinajstić information content (AvgIpc) is 2.36. The predicted molar refractivity (Wildman–Crippen MR) is 72.5 cm³/mol. The second kappa shape index (κ2) is 7.15. The Morgan fingerprint density at radius 1 is 1.35 bits per heavy atom. The first kappa shape index (κ1) is 16.3. The van der Waals surface area contributed by atoms with Crippen LogP contribution in [0.1, 0.15) is 24.5 Å². The zero-order valence-electron chi connectivity index (χ0n) is 11.6. The molecular weight excluding hydrogens is 267 g/mol. The van der Waals surface area contributed by atoms with Gasteiger partial charge in [0.2, 0.25) is 0 Å². The van der Waals surface area contributed by atoms with Gasteiger partial charge in [-0.2, -0.15) is 18.4 Å². The van der Waals surface area contributed by atoms with E-state index in [2.05, 4.69) is 5.32 Å². The average molecular weight is 285 g/mol. The number of rotatable bonds is 6. The van der Waals surface area contributed by atoms with Crippen LogP contribution in [0.2, 0.25) is 0 Å². The second-order valence-electron chi connectivity index (χ2n) is 4.61. The van der Waals surface area contributed by atoms with Crippen LogP contribution >= 0.6 is 0 Å². The lowest BCUT2D eigenvalue weighted by atomic mass is 10.1. The van der Waals surface area contributed by atoms with E-state index in [4.69, 9.17) is 5.26 Å². The number of nitriles is 1. The molecule has 6 heteroatoms. The lowest BCUT2D eigenvalue weighted by molar-refractivity contribution is -0.119. The van der Waals surface area contributed by atoms with Crippen molar-refractivity contribution in [3.63, 3.8) is 0 Å². The highest BCUT2D eigenvalue weighted by Crippen LogP contribution is 2.24. The topological polar surface area (TPSA) is 39.1 Å². The molecule has 0 aliphatic rings. The molecule has 0 fully saturated rings. The van der Waals surface area contributed by atoms with E-state index in [1.165, 1.54) is 7.05 Å². The largest absolute Gasteiger partial charge is 0.405 e. The Bertz CT molecular complexity index is 478. The summed E-state index contributed by atoms with van der Waals surface area (Å²) < 4.78 is 37.1. The van der Waals surface area contributed by atoms with Crippen molar-refractivity contribution in [2.24, 2.45) is 0 Å². The highest BCUT2D eigenvalue weighted by atomic mass is 19.4. The van der Waals surface area contributed by atoms with Gasteiger partial charge in [-0.05, 0) is 30.7 Å². The number of anilines is 1. The molecule has 0 saturated carbocycles. The molecule has 1 N–H and O–H groups in total. The van der Waals surface area contributed by atoms with Crippen molar-refractivity contribution < 1.29 is 13.2 Å². The predicted octanol–water partition coefficient (Wildman–Crippen LogP) is 3.06. The molecule has 1 rings (SSSR count). The van der Waals surface area contributed by atoms with E-state index in [1.54, 1.807) is 18.2 Å². The molecule has 0 radical (unpaired) electrons. The van der Waals surface area contributed by atoms with Crippen LogP contribution < -0.4 is 10.2 Å². The molecule has 0 heterocycles. The molecule has 0 aromatic heterocycles. The Kier molecular flexibility index (Phi) is 5.83. The van der Waals surface area contributed by atoms with Gasteiger partial charge in [0.1, 0.15) is 12.6 Å². The van der Waals surface area contributed by atoms with E-state index in [0.29, 0.717) is 12.2 Å². The molecule has 0 bridgehead atoms. The van der Waals surface area contributed by atoms with Gasteiger partial charge in [-0.25, -0.2) is 0 Å². The van der Waals surface area contributed by atoms with E-state index >= 15 is 0 Å². The Balaban J connectivity index is 2.85. The number of nitrogens with one attached hydrogen (secondary N) is 1. The first-order chi connectivity index (χ1) is 9.37. The highest BCUT2D eigenvalue weighted by molar-refractivity contribution is 5.60. The number of hydrogen-bond acceptors (Lipinski definition) is 3. The van der Waals surface area contributed by atoms with Crippen LogP contribution in [0.5, 0.6) is 0 Å². The minimum atomic E-state index is -4.29. The number of benzene rings is 1. The highest BCUT2D eigenvalue weighted by Gasteiger charge is 2.30. The molecule has 0 atom stereocenters. The molecule has 0 spiro atoms. The summed E-state index contributed by atoms with van der Waals surface area (Å²) in [5.74, 6) is 0. The van der Waals surface area contributed by atoms with Crippen molar-refractivity contribution in [2.45, 2.75) is 26.1 Å². The van der Waals surface area contributed by atoms with Gasteiger partial charge in [0.15, 0.2) is 0 Å². The maximum absolute atomic E-state index is 12.4. The molecule has 0 saturated heterocycles. The van der Waals surface area contributed by atoms with Gasteiger partial charge < -0.3 is 10.2 Å². The summed E-state index contributed by atoms with van der Waals surface area (Å²) in [5, 5.41) is 12.3. The number of hydrogen-bond donors (Lipinski definition) is 1. The SMILES string of the molecule is CCCNCc1ccc(N(C)CC(F)(F)F)c(C#N)c1. The molecular formula is C14H18F3N3. The van der Waals surface area contributed by atoms with Crippen molar-refractivity contribution >= 4 is 5.69 Å². The lowest BCUT2D eigenvalue weighted by Gasteiger charge is -2.22. The normalized spacial score (nSPS) is 11.2. The summed E-state index contributed by atoms with van der Waals surface area (Å²) in [6.07, 6.45) is -3.29. The minimum Gasteiger partial charge on any atom is -0.365 e. The van der Waals surface area contributed by atoms with Gasteiger partial charge >= 0.3 is 6.18 Å². The summed E-state index contributed by atoms with van der Waals surface area (Å²) >= 11 is 0. The fourth-order valence-electron chi connectivity index (χ4n) is 1.88. The molecule has 0 aliphatic heterocycles. The van der Waals surface area contributed by atoms with Crippen LogP contribution in [0.25, 0.3) is 0 Å². The summed E-state index contributed by atoms with van der Waals surface area (Å²) in [5.41, 5.74) is 1.44. The Morgan fingerprint density at radius 3 is 2.60 bits per heavy atom. The molecule has 1 aromatic carbocycles. The molecule has 1 aromatic rings. The molecule has 0 unspecified atom stereocenters. The third-order valence-electron chi connectivity index (χ3n) is 2.77. The Labute approximate surface area is 117 Å². The Hall–Kier alpha value is -1.74. The summed E-state index contributed by atoms with van der Waals surface area (Å²) in [6.45, 7) is 2.43. The second-order valence-corrected chi connectivity index (χ2v) is 4.61. The first-order valence-corrected chi connectivity index (χ1v) is 6.39. The lowest BCUT2D eigenvalue weighted by Crippen LogP contribution is -2.31. The van der Waals surface area contributed by atoms with E-state index in [1.807, 2.05) is 13.0 Å². The zero-order valence-corrected chi connectivity index (χ0v) is 11.6. The first-order valence-electron chi connectivity index (χ1n) is 6.39. The van der Waals surface area contributed by atoms with Crippen molar-refractivity contribution in [1.29, 1.82) is 5.26 Å². The summed E-state index contributed by atoms with van der Waals surface area (Å²) in [4.78, 5) is 1.04. The smallest absolute Gasteiger partial charge is 0.365 e. The Morgan fingerprint density at radius 2 is 2.05 bits per heavy atom.